The summed E-state index contributed by atoms with van der Waals surface area (Å²) in [5.41, 5.74) is 1.58. The number of nitrogens with zero attached hydrogens (tertiary/aromatic N) is 2. The lowest BCUT2D eigenvalue weighted by atomic mass is 9.96. The molecule has 23 heavy (non-hydrogen) atoms. The highest BCUT2D eigenvalue weighted by Gasteiger charge is 2.44. The summed E-state index contributed by atoms with van der Waals surface area (Å²) in [7, 11) is 0. The quantitative estimate of drug-likeness (QED) is 0.919. The third-order valence-electron chi connectivity index (χ3n) is 4.02. The van der Waals surface area contributed by atoms with Gasteiger partial charge in [0.2, 0.25) is 5.91 Å². The molecule has 1 aliphatic carbocycles. The van der Waals surface area contributed by atoms with Gasteiger partial charge in [-0.3, -0.25) is 4.79 Å². The van der Waals surface area contributed by atoms with Crippen LogP contribution < -0.4 is 5.32 Å². The number of hydrogen-bond acceptors (Lipinski definition) is 3. The lowest BCUT2D eigenvalue weighted by Crippen LogP contribution is -2.18. The van der Waals surface area contributed by atoms with Gasteiger partial charge in [-0.1, -0.05) is 50.6 Å². The number of nitrogens with one attached hydrogen (secondary N) is 1. The number of aromatic nitrogens is 2. The molecule has 2 aromatic rings. The molecule has 2 atom stereocenters. The van der Waals surface area contributed by atoms with Crippen LogP contribution in [0.4, 0.5) is 5.69 Å². The fourth-order valence-electron chi connectivity index (χ4n) is 2.62. The van der Waals surface area contributed by atoms with Gasteiger partial charge in [-0.2, -0.15) is 0 Å². The first kappa shape index (κ1) is 15.9. The molecule has 3 rings (SSSR count). The molecule has 0 radical (unpaired) electrons. The lowest BCUT2D eigenvalue weighted by molar-refractivity contribution is -0.117. The third-order valence-corrected chi connectivity index (χ3v) is 4.37. The highest BCUT2D eigenvalue weighted by atomic mass is 35.5. The van der Waals surface area contributed by atoms with Crippen LogP contribution >= 0.6 is 11.6 Å². The van der Waals surface area contributed by atoms with Crippen molar-refractivity contribution in [3.63, 3.8) is 0 Å². The van der Waals surface area contributed by atoms with Gasteiger partial charge >= 0.3 is 0 Å². The van der Waals surface area contributed by atoms with Crippen LogP contribution in [0.5, 0.6) is 0 Å². The second kappa shape index (κ2) is 5.93. The molecule has 0 aliphatic heterocycles. The highest BCUT2D eigenvalue weighted by Crippen LogP contribution is 2.49. The fraction of sp³-hybridized carbons (Fsp3) is 0.389. The number of hydrogen-bond donors (Lipinski definition) is 1. The zero-order chi connectivity index (χ0) is 16.6. The lowest BCUT2D eigenvalue weighted by Gasteiger charge is -2.16. The second-order valence-electron chi connectivity index (χ2n) is 7.00. The average Bonchev–Trinajstić information content (AvgIpc) is 3.28. The van der Waals surface area contributed by atoms with E-state index in [1.807, 2.05) is 24.3 Å². The van der Waals surface area contributed by atoms with Crippen molar-refractivity contribution in [2.75, 3.05) is 5.32 Å². The van der Waals surface area contributed by atoms with Gasteiger partial charge in [-0.15, -0.1) is 0 Å². The molecule has 1 aromatic heterocycles. The summed E-state index contributed by atoms with van der Waals surface area (Å²) >= 11 is 6.20. The van der Waals surface area contributed by atoms with Crippen molar-refractivity contribution in [3.8, 4) is 0 Å². The van der Waals surface area contributed by atoms with Gasteiger partial charge in [0.05, 0.1) is 18.1 Å². The monoisotopic (exact) mass is 329 g/mol. The molecular weight excluding hydrogens is 310 g/mol. The van der Waals surface area contributed by atoms with Gasteiger partial charge in [-0.05, 0) is 24.0 Å². The van der Waals surface area contributed by atoms with E-state index in [1.54, 1.807) is 12.4 Å². The molecule has 1 aliphatic rings. The Kier molecular flexibility index (Phi) is 4.11. The molecule has 0 spiro atoms. The number of benzene rings is 1. The van der Waals surface area contributed by atoms with Crippen molar-refractivity contribution < 1.29 is 4.79 Å². The standard InChI is InChI=1S/C18H20ClN3O/c1-18(2,3)17-20-9-11(10-21-17)22-16(23)14-8-13(14)12-6-4-5-7-15(12)19/h4-7,9-10,13-14H,8H2,1-3H3,(H,22,23). The summed E-state index contributed by atoms with van der Waals surface area (Å²) in [5.74, 6) is 0.938. The van der Waals surface area contributed by atoms with E-state index in [0.29, 0.717) is 5.69 Å². The minimum atomic E-state index is -0.103. The molecule has 4 nitrogen and oxygen atoms in total. The third kappa shape index (κ3) is 3.53. The second-order valence-corrected chi connectivity index (χ2v) is 7.41. The van der Waals surface area contributed by atoms with E-state index in [0.717, 1.165) is 22.8 Å². The van der Waals surface area contributed by atoms with E-state index in [9.17, 15) is 4.79 Å². The van der Waals surface area contributed by atoms with Crippen LogP contribution in [0.15, 0.2) is 36.7 Å². The van der Waals surface area contributed by atoms with Gasteiger partial charge in [0.15, 0.2) is 0 Å². The highest BCUT2D eigenvalue weighted by molar-refractivity contribution is 6.31. The zero-order valence-electron chi connectivity index (χ0n) is 13.5. The Hall–Kier alpha value is -1.94. The zero-order valence-corrected chi connectivity index (χ0v) is 14.3. The van der Waals surface area contributed by atoms with Crippen molar-refractivity contribution in [1.82, 2.24) is 9.97 Å². The molecule has 2 unspecified atom stereocenters. The van der Waals surface area contributed by atoms with Crippen molar-refractivity contribution in [3.05, 3.63) is 53.1 Å². The van der Waals surface area contributed by atoms with E-state index in [1.165, 1.54) is 0 Å². The van der Waals surface area contributed by atoms with Crippen LogP contribution in [-0.4, -0.2) is 15.9 Å². The average molecular weight is 330 g/mol. The van der Waals surface area contributed by atoms with Crippen molar-refractivity contribution in [1.29, 1.82) is 0 Å². The maximum atomic E-state index is 12.3. The van der Waals surface area contributed by atoms with Gasteiger partial charge in [-0.25, -0.2) is 9.97 Å². The molecule has 0 saturated heterocycles. The van der Waals surface area contributed by atoms with Crippen molar-refractivity contribution >= 4 is 23.2 Å². The summed E-state index contributed by atoms with van der Waals surface area (Å²) in [6, 6.07) is 7.70. The minimum Gasteiger partial charge on any atom is -0.323 e. The van der Waals surface area contributed by atoms with E-state index < -0.39 is 0 Å². The Balaban J connectivity index is 1.64. The first-order valence-corrected chi connectivity index (χ1v) is 8.12. The Bertz CT molecular complexity index is 722. The molecule has 1 N–H and O–H groups in total. The van der Waals surface area contributed by atoms with E-state index in [2.05, 4.69) is 36.1 Å². The summed E-state index contributed by atoms with van der Waals surface area (Å²) < 4.78 is 0. The smallest absolute Gasteiger partial charge is 0.228 e. The molecule has 120 valence electrons. The molecule has 5 heteroatoms. The predicted molar refractivity (Wildman–Crippen MR) is 91.7 cm³/mol. The summed E-state index contributed by atoms with van der Waals surface area (Å²) in [6.07, 6.45) is 4.16. The maximum absolute atomic E-state index is 12.3. The van der Waals surface area contributed by atoms with E-state index in [-0.39, 0.29) is 23.2 Å². The molecule has 1 saturated carbocycles. The SMILES string of the molecule is CC(C)(C)c1ncc(NC(=O)C2CC2c2ccccc2Cl)cn1. The van der Waals surface area contributed by atoms with Crippen molar-refractivity contribution in [2.24, 2.45) is 5.92 Å². The van der Waals surface area contributed by atoms with Crippen LogP contribution in [0, 0.1) is 5.92 Å². The van der Waals surface area contributed by atoms with Crippen LogP contribution in [-0.2, 0) is 10.2 Å². The van der Waals surface area contributed by atoms with E-state index in [4.69, 9.17) is 11.6 Å². The van der Waals surface area contributed by atoms with E-state index >= 15 is 0 Å². The molecule has 1 aromatic carbocycles. The van der Waals surface area contributed by atoms with Gasteiger partial charge in [0.25, 0.3) is 0 Å². The minimum absolute atomic E-state index is 0.00188. The molecule has 1 amide bonds. The Labute approximate surface area is 141 Å². The number of amides is 1. The van der Waals surface area contributed by atoms with Crippen LogP contribution in [0.25, 0.3) is 0 Å². The molecule has 1 heterocycles. The number of rotatable bonds is 3. The summed E-state index contributed by atoms with van der Waals surface area (Å²) in [5, 5.41) is 3.62. The topological polar surface area (TPSA) is 54.9 Å². The Morgan fingerprint density at radius 1 is 1.22 bits per heavy atom. The van der Waals surface area contributed by atoms with Crippen LogP contribution in [0.2, 0.25) is 5.02 Å². The first-order chi connectivity index (χ1) is 10.9. The van der Waals surface area contributed by atoms with Gasteiger partial charge in [0.1, 0.15) is 5.82 Å². The number of anilines is 1. The van der Waals surface area contributed by atoms with Crippen LogP contribution in [0.1, 0.15) is 44.5 Å². The van der Waals surface area contributed by atoms with Crippen molar-refractivity contribution in [2.45, 2.75) is 38.5 Å². The van der Waals surface area contributed by atoms with Crippen LogP contribution in [0.3, 0.4) is 0 Å². The number of carbonyl (C=O) groups is 1. The molecule has 0 bridgehead atoms. The van der Waals surface area contributed by atoms with Gasteiger partial charge < -0.3 is 5.32 Å². The maximum Gasteiger partial charge on any atom is 0.228 e. The largest absolute Gasteiger partial charge is 0.323 e. The fourth-order valence-corrected chi connectivity index (χ4v) is 2.90. The summed E-state index contributed by atoms with van der Waals surface area (Å²) in [4.78, 5) is 21.0. The Morgan fingerprint density at radius 3 is 2.48 bits per heavy atom. The normalized spacial score (nSPS) is 20.2. The van der Waals surface area contributed by atoms with Gasteiger partial charge in [0, 0.05) is 16.4 Å². The Morgan fingerprint density at radius 2 is 1.87 bits per heavy atom. The first-order valence-electron chi connectivity index (χ1n) is 7.74. The molecular formula is C18H20ClN3O. The summed E-state index contributed by atoms with van der Waals surface area (Å²) in [6.45, 7) is 6.16. The predicted octanol–water partition coefficient (Wildman–Crippen LogP) is 4.17. The molecule has 1 fully saturated rings. The number of halogens is 1. The number of carbonyl (C=O) groups excluding carboxylic acids is 1.